The molecule has 0 aliphatic carbocycles. The second-order valence-electron chi connectivity index (χ2n) is 7.00. The van der Waals surface area contributed by atoms with E-state index in [2.05, 4.69) is 10.5 Å². The van der Waals surface area contributed by atoms with E-state index in [0.717, 1.165) is 9.87 Å². The predicted molar refractivity (Wildman–Crippen MR) is 127 cm³/mol. The molecule has 0 radical (unpaired) electrons. The maximum atomic E-state index is 13.4. The van der Waals surface area contributed by atoms with Crippen molar-refractivity contribution in [2.75, 3.05) is 18.0 Å². The first-order valence-corrected chi connectivity index (χ1v) is 11.7. The number of hydrogen-bond acceptors (Lipinski definition) is 6. The Kier molecular flexibility index (Phi) is 7.68. The first-order valence-electron chi connectivity index (χ1n) is 10.2. The second-order valence-corrected chi connectivity index (χ2v) is 8.86. The molecule has 0 spiro atoms. The Hall–Kier alpha value is -3.85. The van der Waals surface area contributed by atoms with Gasteiger partial charge in [0.1, 0.15) is 6.54 Å². The van der Waals surface area contributed by atoms with Crippen molar-refractivity contribution >= 4 is 27.8 Å². The second kappa shape index (κ2) is 10.6. The Morgan fingerprint density at radius 2 is 1.76 bits per heavy atom. The molecule has 0 unspecified atom stereocenters. The third-order valence-electron chi connectivity index (χ3n) is 4.90. The first kappa shape index (κ1) is 23.8. The van der Waals surface area contributed by atoms with Crippen molar-refractivity contribution in [2.45, 2.75) is 18.2 Å². The number of nitrogens with zero attached hydrogens (tertiary/aromatic N) is 2. The Labute approximate surface area is 193 Å². The molecule has 0 atom stereocenters. The van der Waals surface area contributed by atoms with Crippen LogP contribution in [-0.2, 0) is 21.2 Å². The number of amides is 1. The molecule has 0 heterocycles. The molecular weight excluding hydrogens is 442 g/mol. The highest BCUT2D eigenvalue weighted by Gasteiger charge is 2.28. The molecule has 3 aromatic rings. The van der Waals surface area contributed by atoms with Crippen molar-refractivity contribution in [1.82, 2.24) is 5.43 Å². The molecule has 0 aliphatic rings. The number of sulfonamides is 1. The number of nitrogens with one attached hydrogen (secondary N) is 1. The summed E-state index contributed by atoms with van der Waals surface area (Å²) in [4.78, 5) is 12.8. The number of aromatic hydroxyl groups is 1. The lowest BCUT2D eigenvalue weighted by molar-refractivity contribution is -0.119. The quantitative estimate of drug-likeness (QED) is 0.371. The monoisotopic (exact) mass is 467 g/mol. The number of ether oxygens (including phenoxy) is 1. The molecule has 1 amide bonds. The average molecular weight is 468 g/mol. The summed E-state index contributed by atoms with van der Waals surface area (Å²) < 4.78 is 32.9. The fraction of sp³-hybridized carbons (Fsp3) is 0.167. The van der Waals surface area contributed by atoms with E-state index in [9.17, 15) is 18.3 Å². The Bertz CT molecular complexity index is 1240. The number of carbonyl (C=O) groups excluding carboxylic acids is 1. The van der Waals surface area contributed by atoms with Gasteiger partial charge in [-0.1, -0.05) is 49.4 Å². The van der Waals surface area contributed by atoms with Gasteiger partial charge in [0.2, 0.25) is 0 Å². The molecule has 9 heteroatoms. The van der Waals surface area contributed by atoms with Crippen LogP contribution in [-0.4, -0.2) is 39.3 Å². The molecule has 3 rings (SSSR count). The summed E-state index contributed by atoms with van der Waals surface area (Å²) in [5.74, 6) is -0.496. The van der Waals surface area contributed by atoms with Crippen LogP contribution < -0.4 is 14.5 Å². The zero-order chi connectivity index (χ0) is 23.8. The Morgan fingerprint density at radius 1 is 1.06 bits per heavy atom. The molecule has 8 nitrogen and oxygen atoms in total. The van der Waals surface area contributed by atoms with Gasteiger partial charge in [-0.05, 0) is 42.3 Å². The van der Waals surface area contributed by atoms with Crippen LogP contribution in [0.4, 0.5) is 5.69 Å². The number of carbonyl (C=O) groups is 1. The summed E-state index contributed by atoms with van der Waals surface area (Å²) in [6.45, 7) is 1.44. The summed E-state index contributed by atoms with van der Waals surface area (Å²) in [5.41, 5.74) is 3.87. The van der Waals surface area contributed by atoms with E-state index in [-0.39, 0.29) is 16.4 Å². The number of methoxy groups -OCH3 is 1. The number of benzene rings is 3. The van der Waals surface area contributed by atoms with Gasteiger partial charge in [-0.15, -0.1) is 0 Å². The van der Waals surface area contributed by atoms with Crippen LogP contribution in [0.5, 0.6) is 11.5 Å². The standard InChI is InChI=1S/C24H25N3O5S/c1-3-18-10-7-8-14-21(18)27(33(30,31)20-12-5-4-6-13-20)17-23(28)26-25-16-19-11-9-15-22(32-2)24(19)29/h4-16,29H,3,17H2,1-2H3,(H,26,28)/b25-16-. The minimum atomic E-state index is -4.01. The van der Waals surface area contributed by atoms with Crippen LogP contribution >= 0.6 is 0 Å². The largest absolute Gasteiger partial charge is 0.504 e. The Morgan fingerprint density at radius 3 is 2.45 bits per heavy atom. The van der Waals surface area contributed by atoms with Crippen molar-refractivity contribution < 1.29 is 23.1 Å². The van der Waals surface area contributed by atoms with Crippen molar-refractivity contribution in [1.29, 1.82) is 0 Å². The molecule has 2 N–H and O–H groups in total. The smallest absolute Gasteiger partial charge is 0.264 e. The van der Waals surface area contributed by atoms with Gasteiger partial charge in [-0.2, -0.15) is 5.10 Å². The SMILES string of the molecule is CCc1ccccc1N(CC(=O)N/N=C\c1cccc(OC)c1O)S(=O)(=O)c1ccccc1. The van der Waals surface area contributed by atoms with Crippen LogP contribution in [0.3, 0.4) is 0 Å². The van der Waals surface area contributed by atoms with Gasteiger partial charge < -0.3 is 9.84 Å². The van der Waals surface area contributed by atoms with Crippen LogP contribution in [0.2, 0.25) is 0 Å². The predicted octanol–water partition coefficient (Wildman–Crippen LogP) is 3.31. The van der Waals surface area contributed by atoms with Gasteiger partial charge >= 0.3 is 0 Å². The molecular formula is C24H25N3O5S. The van der Waals surface area contributed by atoms with Crippen LogP contribution in [0.1, 0.15) is 18.1 Å². The number of aryl methyl sites for hydroxylation is 1. The highest BCUT2D eigenvalue weighted by Crippen LogP contribution is 2.28. The van der Waals surface area contributed by atoms with Crippen LogP contribution in [0.25, 0.3) is 0 Å². The molecule has 0 aromatic heterocycles. The normalized spacial score (nSPS) is 11.3. The van der Waals surface area contributed by atoms with E-state index in [1.165, 1.54) is 25.5 Å². The van der Waals surface area contributed by atoms with Crippen molar-refractivity contribution in [3.05, 3.63) is 83.9 Å². The van der Waals surface area contributed by atoms with Crippen molar-refractivity contribution in [3.63, 3.8) is 0 Å². The lowest BCUT2D eigenvalue weighted by Crippen LogP contribution is -2.40. The number of anilines is 1. The summed E-state index contributed by atoms with van der Waals surface area (Å²) in [6, 6.07) is 19.8. The van der Waals surface area contributed by atoms with Gasteiger partial charge in [0.25, 0.3) is 15.9 Å². The first-order chi connectivity index (χ1) is 15.9. The van der Waals surface area contributed by atoms with E-state index >= 15 is 0 Å². The van der Waals surface area contributed by atoms with E-state index in [4.69, 9.17) is 4.74 Å². The number of phenolic OH excluding ortho intramolecular Hbond substituents is 1. The molecule has 3 aromatic carbocycles. The maximum Gasteiger partial charge on any atom is 0.264 e. The van der Waals surface area contributed by atoms with E-state index < -0.39 is 22.5 Å². The zero-order valence-corrected chi connectivity index (χ0v) is 19.1. The van der Waals surface area contributed by atoms with Gasteiger partial charge in [-0.25, -0.2) is 13.8 Å². The van der Waals surface area contributed by atoms with Crippen LogP contribution in [0, 0.1) is 0 Å². The van der Waals surface area contributed by atoms with E-state index in [1.54, 1.807) is 48.5 Å². The van der Waals surface area contributed by atoms with Gasteiger partial charge in [-0.3, -0.25) is 9.10 Å². The molecule has 172 valence electrons. The molecule has 0 fully saturated rings. The Balaban J connectivity index is 1.87. The zero-order valence-electron chi connectivity index (χ0n) is 18.3. The number of para-hydroxylation sites is 2. The van der Waals surface area contributed by atoms with Gasteiger partial charge in [0.15, 0.2) is 11.5 Å². The lowest BCUT2D eigenvalue weighted by atomic mass is 10.1. The molecule has 33 heavy (non-hydrogen) atoms. The van der Waals surface area contributed by atoms with E-state index in [0.29, 0.717) is 17.7 Å². The van der Waals surface area contributed by atoms with Gasteiger partial charge in [0, 0.05) is 5.56 Å². The van der Waals surface area contributed by atoms with Gasteiger partial charge in [0.05, 0.1) is 23.9 Å². The topological polar surface area (TPSA) is 108 Å². The summed E-state index contributed by atoms with van der Waals surface area (Å²) in [7, 11) is -2.59. The lowest BCUT2D eigenvalue weighted by Gasteiger charge is -2.25. The summed E-state index contributed by atoms with van der Waals surface area (Å²) in [5, 5.41) is 14.0. The number of hydrogen-bond donors (Lipinski definition) is 2. The molecule has 0 saturated heterocycles. The minimum absolute atomic E-state index is 0.0773. The number of rotatable bonds is 9. The fourth-order valence-electron chi connectivity index (χ4n) is 3.22. The molecule has 0 saturated carbocycles. The highest BCUT2D eigenvalue weighted by molar-refractivity contribution is 7.92. The number of phenols is 1. The minimum Gasteiger partial charge on any atom is -0.504 e. The van der Waals surface area contributed by atoms with E-state index in [1.807, 2.05) is 19.1 Å². The average Bonchev–Trinajstić information content (AvgIpc) is 2.84. The van der Waals surface area contributed by atoms with Crippen molar-refractivity contribution in [3.8, 4) is 11.5 Å². The maximum absolute atomic E-state index is 13.4. The van der Waals surface area contributed by atoms with Crippen LogP contribution in [0.15, 0.2) is 82.8 Å². The highest BCUT2D eigenvalue weighted by atomic mass is 32.2. The third-order valence-corrected chi connectivity index (χ3v) is 6.68. The third kappa shape index (κ3) is 5.50. The molecule has 0 bridgehead atoms. The summed E-state index contributed by atoms with van der Waals surface area (Å²) in [6.07, 6.45) is 1.84. The summed E-state index contributed by atoms with van der Waals surface area (Å²) >= 11 is 0. The fourth-order valence-corrected chi connectivity index (χ4v) is 4.70. The number of hydrazone groups is 1. The van der Waals surface area contributed by atoms with Crippen molar-refractivity contribution in [2.24, 2.45) is 5.10 Å². The molecule has 0 aliphatic heterocycles.